The molecule has 0 fully saturated rings. The van der Waals surface area contributed by atoms with E-state index in [4.69, 9.17) is 9.84 Å². The molecule has 134 valence electrons. The van der Waals surface area contributed by atoms with E-state index < -0.39 is 17.3 Å². The summed E-state index contributed by atoms with van der Waals surface area (Å²) in [4.78, 5) is 12.0. The molecule has 26 heavy (non-hydrogen) atoms. The maximum atomic E-state index is 13.9. The Morgan fingerprint density at radius 1 is 1.15 bits per heavy atom. The molecule has 2 aromatic carbocycles. The molecule has 0 amide bonds. The van der Waals surface area contributed by atoms with Gasteiger partial charge >= 0.3 is 5.97 Å². The van der Waals surface area contributed by atoms with E-state index in [2.05, 4.69) is 4.72 Å². The number of hydrogen-bond acceptors (Lipinski definition) is 5. The molecule has 0 aliphatic carbocycles. The Kier molecular flexibility index (Phi) is 5.43. The lowest BCUT2D eigenvalue weighted by Gasteiger charge is -2.11. The minimum Gasteiger partial charge on any atom is -0.495 e. The van der Waals surface area contributed by atoms with Crippen LogP contribution in [0.2, 0.25) is 0 Å². The summed E-state index contributed by atoms with van der Waals surface area (Å²) in [5.74, 6) is -2.27. The molecule has 2 N–H and O–H groups in total. The number of thiophene rings is 1. The van der Waals surface area contributed by atoms with Crippen molar-refractivity contribution in [3.05, 3.63) is 65.7 Å². The number of anilines is 1. The van der Waals surface area contributed by atoms with Crippen molar-refractivity contribution >= 4 is 34.9 Å². The molecule has 8 heteroatoms. The lowest BCUT2D eigenvalue weighted by molar-refractivity contribution is 0.0691. The van der Waals surface area contributed by atoms with E-state index >= 15 is 0 Å². The van der Waals surface area contributed by atoms with Crippen LogP contribution in [0.5, 0.6) is 5.75 Å². The average molecular weight is 393 g/mol. The van der Waals surface area contributed by atoms with Gasteiger partial charge in [0.15, 0.2) is 0 Å². The van der Waals surface area contributed by atoms with E-state index in [9.17, 15) is 13.6 Å². The number of rotatable bonds is 6. The van der Waals surface area contributed by atoms with Gasteiger partial charge in [0.05, 0.1) is 22.6 Å². The van der Waals surface area contributed by atoms with Crippen molar-refractivity contribution in [3.63, 3.8) is 0 Å². The monoisotopic (exact) mass is 393 g/mol. The summed E-state index contributed by atoms with van der Waals surface area (Å²) in [6.07, 6.45) is 0. The van der Waals surface area contributed by atoms with Gasteiger partial charge in [0, 0.05) is 10.9 Å². The Morgan fingerprint density at radius 2 is 1.88 bits per heavy atom. The average Bonchev–Trinajstić information content (AvgIpc) is 3.09. The van der Waals surface area contributed by atoms with E-state index in [-0.39, 0.29) is 11.6 Å². The summed E-state index contributed by atoms with van der Waals surface area (Å²) in [5, 5.41) is 8.97. The fourth-order valence-electron chi connectivity index (χ4n) is 2.22. The van der Waals surface area contributed by atoms with E-state index in [1.807, 2.05) is 12.1 Å². The second-order valence-corrected chi connectivity index (χ2v) is 7.36. The molecule has 0 spiro atoms. The maximum Gasteiger partial charge on any atom is 0.338 e. The summed E-state index contributed by atoms with van der Waals surface area (Å²) < 4.78 is 35.9. The molecule has 1 aromatic heterocycles. The Hall–Kier alpha value is -2.58. The van der Waals surface area contributed by atoms with Crippen LogP contribution in [0.4, 0.5) is 14.5 Å². The van der Waals surface area contributed by atoms with Gasteiger partial charge in [-0.1, -0.05) is 12.1 Å². The van der Waals surface area contributed by atoms with Gasteiger partial charge in [0.25, 0.3) is 0 Å². The third kappa shape index (κ3) is 3.97. The van der Waals surface area contributed by atoms with Crippen LogP contribution >= 0.6 is 23.3 Å². The molecule has 4 nitrogen and oxygen atoms in total. The van der Waals surface area contributed by atoms with Gasteiger partial charge in [-0.05, 0) is 47.8 Å². The zero-order valence-electron chi connectivity index (χ0n) is 13.5. The molecule has 0 unspecified atom stereocenters. The molecule has 3 rings (SSSR count). The first-order chi connectivity index (χ1) is 12.5. The lowest BCUT2D eigenvalue weighted by Crippen LogP contribution is -2.03. The lowest BCUT2D eigenvalue weighted by atomic mass is 10.2. The molecule has 0 radical (unpaired) electrons. The zero-order valence-corrected chi connectivity index (χ0v) is 15.1. The number of aromatic carboxylic acids is 1. The molecule has 0 saturated carbocycles. The molecule has 0 aliphatic rings. The van der Waals surface area contributed by atoms with Crippen molar-refractivity contribution in [2.45, 2.75) is 4.21 Å². The predicted molar refractivity (Wildman–Crippen MR) is 99.1 cm³/mol. The predicted octanol–water partition coefficient (Wildman–Crippen LogP) is 5.52. The maximum absolute atomic E-state index is 13.9. The molecule has 1 heterocycles. The van der Waals surface area contributed by atoms with Crippen LogP contribution in [0, 0.1) is 11.6 Å². The van der Waals surface area contributed by atoms with E-state index in [1.54, 1.807) is 12.1 Å². The molecule has 0 saturated heterocycles. The van der Waals surface area contributed by atoms with Gasteiger partial charge in [0.2, 0.25) is 0 Å². The van der Waals surface area contributed by atoms with Crippen molar-refractivity contribution < 1.29 is 23.4 Å². The van der Waals surface area contributed by atoms with Gasteiger partial charge in [-0.3, -0.25) is 0 Å². The second kappa shape index (κ2) is 7.76. The van der Waals surface area contributed by atoms with Gasteiger partial charge in [0.1, 0.15) is 17.4 Å². The first kappa shape index (κ1) is 18.2. The number of carboxylic acid groups (broad SMARTS) is 1. The highest BCUT2D eigenvalue weighted by atomic mass is 32.2. The SMILES string of the molecule is COc1cc(C(=O)O)c(F)cc1NSc1ccc(-c2ccc(F)cc2)s1. The number of hydrogen-bond donors (Lipinski definition) is 2. The van der Waals surface area contributed by atoms with Gasteiger partial charge in [-0.25, -0.2) is 13.6 Å². The Morgan fingerprint density at radius 3 is 2.54 bits per heavy atom. The van der Waals surface area contributed by atoms with Crippen molar-refractivity contribution in [2.75, 3.05) is 11.8 Å². The fourth-order valence-corrected chi connectivity index (χ4v) is 4.03. The van der Waals surface area contributed by atoms with Crippen molar-refractivity contribution in [1.29, 1.82) is 0 Å². The molecule has 0 atom stereocenters. The third-order valence-corrected chi connectivity index (χ3v) is 5.58. The van der Waals surface area contributed by atoms with Crippen molar-refractivity contribution in [3.8, 4) is 16.2 Å². The third-order valence-electron chi connectivity index (χ3n) is 3.49. The van der Waals surface area contributed by atoms with E-state index in [1.165, 1.54) is 42.5 Å². The highest BCUT2D eigenvalue weighted by Crippen LogP contribution is 2.37. The van der Waals surface area contributed by atoms with Crippen LogP contribution in [0.1, 0.15) is 10.4 Å². The minimum absolute atomic E-state index is 0.228. The Balaban J connectivity index is 1.76. The van der Waals surface area contributed by atoms with Crippen LogP contribution in [0.15, 0.2) is 52.7 Å². The summed E-state index contributed by atoms with van der Waals surface area (Å²) in [5.41, 5.74) is 0.779. The van der Waals surface area contributed by atoms with Crippen molar-refractivity contribution in [1.82, 2.24) is 0 Å². The highest BCUT2D eigenvalue weighted by Gasteiger charge is 2.16. The summed E-state index contributed by atoms with van der Waals surface area (Å²) in [6.45, 7) is 0. The van der Waals surface area contributed by atoms with Gasteiger partial charge in [-0.2, -0.15) is 0 Å². The second-order valence-electron chi connectivity index (χ2n) is 5.17. The highest BCUT2D eigenvalue weighted by molar-refractivity contribution is 8.02. The van der Waals surface area contributed by atoms with Crippen molar-refractivity contribution in [2.24, 2.45) is 0 Å². The summed E-state index contributed by atoms with van der Waals surface area (Å²) in [6, 6.07) is 12.2. The normalized spacial score (nSPS) is 10.6. The smallest absolute Gasteiger partial charge is 0.338 e. The fraction of sp³-hybridized carbons (Fsp3) is 0.0556. The molecular formula is C18H13F2NO3S2. The van der Waals surface area contributed by atoms with Crippen LogP contribution in [0.25, 0.3) is 10.4 Å². The number of carbonyl (C=O) groups is 1. The minimum atomic E-state index is -1.36. The number of nitrogens with one attached hydrogen (secondary N) is 1. The topological polar surface area (TPSA) is 58.6 Å². The Bertz CT molecular complexity index is 942. The summed E-state index contributed by atoms with van der Waals surface area (Å²) >= 11 is 2.73. The summed E-state index contributed by atoms with van der Waals surface area (Å²) in [7, 11) is 1.38. The van der Waals surface area contributed by atoms with Crippen LogP contribution in [-0.4, -0.2) is 18.2 Å². The van der Waals surface area contributed by atoms with Crippen LogP contribution in [-0.2, 0) is 0 Å². The first-order valence-corrected chi connectivity index (χ1v) is 9.00. The molecule has 3 aromatic rings. The quantitative estimate of drug-likeness (QED) is 0.540. The number of carboxylic acids is 1. The number of methoxy groups -OCH3 is 1. The molecule has 0 bridgehead atoms. The van der Waals surface area contributed by atoms with Crippen LogP contribution in [0.3, 0.4) is 0 Å². The van der Waals surface area contributed by atoms with E-state index in [0.29, 0.717) is 5.69 Å². The Labute approximate surface area is 156 Å². The number of halogens is 2. The van der Waals surface area contributed by atoms with E-state index in [0.717, 1.165) is 26.8 Å². The number of ether oxygens (including phenoxy) is 1. The molecule has 0 aliphatic heterocycles. The first-order valence-electron chi connectivity index (χ1n) is 7.37. The van der Waals surface area contributed by atoms with Gasteiger partial charge in [-0.15, -0.1) is 11.3 Å². The zero-order chi connectivity index (χ0) is 18.7. The van der Waals surface area contributed by atoms with Gasteiger partial charge < -0.3 is 14.6 Å². The molecular weight excluding hydrogens is 380 g/mol. The standard InChI is InChI=1S/C18H13F2NO3S2/c1-24-15-8-12(18(22)23)13(20)9-14(15)21-26-17-7-6-16(25-17)10-2-4-11(19)5-3-10/h2-9,21H,1H3,(H,22,23). The largest absolute Gasteiger partial charge is 0.495 e. The number of benzene rings is 2. The van der Waals surface area contributed by atoms with Crippen LogP contribution < -0.4 is 9.46 Å².